The Kier molecular flexibility index (Phi) is 1.17. The summed E-state index contributed by atoms with van der Waals surface area (Å²) in [6, 6.07) is 2.10. The maximum absolute atomic E-state index is 8.36. The first-order valence-corrected chi connectivity index (χ1v) is 2.46. The molecule has 0 fully saturated rings. The van der Waals surface area contributed by atoms with Crippen molar-refractivity contribution in [3.8, 4) is 6.07 Å². The first kappa shape index (κ1) is 5.10. The molecule has 0 amide bonds. The van der Waals surface area contributed by atoms with Gasteiger partial charge in [-0.2, -0.15) is 5.26 Å². The molecule has 1 unspecified atom stereocenters. The molecule has 0 aromatic heterocycles. The molecule has 1 aliphatic heterocycles. The van der Waals surface area contributed by atoms with Crippen LogP contribution in [-0.2, 0) is 0 Å². The lowest BCUT2D eigenvalue weighted by molar-refractivity contribution is 0.488. The molecular formula is C5H7N3. The first-order valence-electron chi connectivity index (χ1n) is 2.46. The van der Waals surface area contributed by atoms with E-state index in [0.29, 0.717) is 6.54 Å². The van der Waals surface area contributed by atoms with E-state index in [1.54, 1.807) is 11.2 Å². The minimum Gasteiger partial charge on any atom is -0.349 e. The van der Waals surface area contributed by atoms with Gasteiger partial charge in [-0.15, -0.1) is 0 Å². The van der Waals surface area contributed by atoms with Crippen molar-refractivity contribution < 1.29 is 0 Å². The molecule has 42 valence electrons. The highest BCUT2D eigenvalue weighted by atomic mass is 15.2. The molecular weight excluding hydrogens is 102 g/mol. The third-order valence-electron chi connectivity index (χ3n) is 1.18. The Hall–Kier alpha value is -1.04. The van der Waals surface area contributed by atoms with Crippen molar-refractivity contribution in [1.29, 1.82) is 5.26 Å². The van der Waals surface area contributed by atoms with Gasteiger partial charge >= 0.3 is 0 Å². The lowest BCUT2D eigenvalue weighted by atomic mass is 10.3. The third kappa shape index (κ3) is 0.648. The first-order chi connectivity index (χ1) is 3.84. The highest BCUT2D eigenvalue weighted by molar-refractivity contribution is 5.58. The molecule has 1 atom stereocenters. The van der Waals surface area contributed by atoms with Gasteiger partial charge in [-0.25, -0.2) is 0 Å². The average molecular weight is 109 g/mol. The Balaban J connectivity index is 2.54. The van der Waals surface area contributed by atoms with Crippen LogP contribution in [0, 0.1) is 11.3 Å². The highest BCUT2D eigenvalue weighted by Gasteiger charge is 2.13. The van der Waals surface area contributed by atoms with Crippen LogP contribution in [0.1, 0.15) is 0 Å². The van der Waals surface area contributed by atoms with Crippen molar-refractivity contribution in [2.24, 2.45) is 4.99 Å². The lowest BCUT2D eigenvalue weighted by Crippen LogP contribution is -2.25. The average Bonchev–Trinajstić information content (AvgIpc) is 2.14. The minimum atomic E-state index is -0.0185. The van der Waals surface area contributed by atoms with Crippen molar-refractivity contribution in [2.75, 3.05) is 13.6 Å². The van der Waals surface area contributed by atoms with Gasteiger partial charge in [0.1, 0.15) is 6.04 Å². The van der Waals surface area contributed by atoms with E-state index >= 15 is 0 Å². The summed E-state index contributed by atoms with van der Waals surface area (Å²) in [5.74, 6) is 0. The molecule has 1 heterocycles. The molecule has 0 aromatic carbocycles. The van der Waals surface area contributed by atoms with E-state index in [4.69, 9.17) is 5.26 Å². The second kappa shape index (κ2) is 1.83. The molecule has 0 spiro atoms. The number of aliphatic imine (C=N–C) groups is 1. The molecule has 3 heteroatoms. The number of likely N-dealkylation sites (N-methyl/N-ethyl adjacent to an activating group) is 1. The quantitative estimate of drug-likeness (QED) is 0.434. The van der Waals surface area contributed by atoms with Crippen molar-refractivity contribution in [3.05, 3.63) is 0 Å². The van der Waals surface area contributed by atoms with E-state index in [9.17, 15) is 0 Å². The molecule has 0 bridgehead atoms. The van der Waals surface area contributed by atoms with Crippen molar-refractivity contribution in [2.45, 2.75) is 6.04 Å². The number of nitriles is 1. The summed E-state index contributed by atoms with van der Waals surface area (Å²) in [5.41, 5.74) is 0. The van der Waals surface area contributed by atoms with E-state index < -0.39 is 0 Å². The van der Waals surface area contributed by atoms with Gasteiger partial charge < -0.3 is 4.90 Å². The Bertz CT molecular complexity index is 144. The lowest BCUT2D eigenvalue weighted by Gasteiger charge is -2.08. The van der Waals surface area contributed by atoms with Crippen molar-refractivity contribution in [3.63, 3.8) is 0 Å². The molecule has 0 saturated carbocycles. The van der Waals surface area contributed by atoms with E-state index in [-0.39, 0.29) is 6.04 Å². The monoisotopic (exact) mass is 109 g/mol. The van der Waals surface area contributed by atoms with Gasteiger partial charge in [0, 0.05) is 7.05 Å². The Morgan fingerprint density at radius 1 is 2.00 bits per heavy atom. The molecule has 8 heavy (non-hydrogen) atoms. The third-order valence-corrected chi connectivity index (χ3v) is 1.18. The number of hydrogen-bond acceptors (Lipinski definition) is 3. The van der Waals surface area contributed by atoms with Crippen LogP contribution < -0.4 is 0 Å². The zero-order valence-electron chi connectivity index (χ0n) is 4.70. The van der Waals surface area contributed by atoms with E-state index in [2.05, 4.69) is 11.1 Å². The van der Waals surface area contributed by atoms with Crippen LogP contribution in [0.15, 0.2) is 4.99 Å². The van der Waals surface area contributed by atoms with Crippen molar-refractivity contribution in [1.82, 2.24) is 4.90 Å². The van der Waals surface area contributed by atoms with Crippen LogP contribution in [0.4, 0.5) is 0 Å². The highest BCUT2D eigenvalue weighted by Crippen LogP contribution is 1.98. The van der Waals surface area contributed by atoms with Gasteiger partial charge in [-0.3, -0.25) is 4.99 Å². The zero-order valence-corrected chi connectivity index (χ0v) is 4.70. The molecule has 0 saturated heterocycles. The van der Waals surface area contributed by atoms with E-state index in [1.165, 1.54) is 0 Å². The smallest absolute Gasteiger partial charge is 0.137 e. The van der Waals surface area contributed by atoms with Crippen LogP contribution in [0.25, 0.3) is 0 Å². The number of hydrogen-bond donors (Lipinski definition) is 0. The molecule has 0 aliphatic carbocycles. The minimum absolute atomic E-state index is 0.0185. The molecule has 0 aromatic rings. The fourth-order valence-electron chi connectivity index (χ4n) is 0.617. The van der Waals surface area contributed by atoms with Crippen LogP contribution >= 0.6 is 0 Å². The SMILES string of the molecule is CN1C=NCC1C#N. The molecule has 0 radical (unpaired) electrons. The fourth-order valence-corrected chi connectivity index (χ4v) is 0.617. The summed E-state index contributed by atoms with van der Waals surface area (Å²) >= 11 is 0. The van der Waals surface area contributed by atoms with Gasteiger partial charge in [-0.05, 0) is 0 Å². The summed E-state index contributed by atoms with van der Waals surface area (Å²) in [4.78, 5) is 5.70. The van der Waals surface area contributed by atoms with E-state index in [1.807, 2.05) is 7.05 Å². The van der Waals surface area contributed by atoms with Gasteiger partial charge in [0.05, 0.1) is 19.0 Å². The second-order valence-corrected chi connectivity index (χ2v) is 1.79. The standard InChI is InChI=1S/C5H7N3/c1-8-4-7-3-5(8)2-6/h4-5H,3H2,1H3. The predicted molar refractivity (Wildman–Crippen MR) is 30.5 cm³/mol. The van der Waals surface area contributed by atoms with Crippen LogP contribution in [-0.4, -0.2) is 30.9 Å². The van der Waals surface area contributed by atoms with Crippen LogP contribution in [0.2, 0.25) is 0 Å². The molecule has 3 nitrogen and oxygen atoms in total. The largest absolute Gasteiger partial charge is 0.349 e. The van der Waals surface area contributed by atoms with Gasteiger partial charge in [0.25, 0.3) is 0 Å². The summed E-state index contributed by atoms with van der Waals surface area (Å²) in [5, 5.41) is 8.36. The predicted octanol–water partition coefficient (Wildman–Crippen LogP) is -0.148. The number of rotatable bonds is 0. The Morgan fingerprint density at radius 3 is 3.00 bits per heavy atom. The maximum atomic E-state index is 8.36. The van der Waals surface area contributed by atoms with Gasteiger partial charge in [0.15, 0.2) is 0 Å². The summed E-state index contributed by atoms with van der Waals surface area (Å²) < 4.78 is 0. The normalized spacial score (nSPS) is 26.0. The Labute approximate surface area is 48.2 Å². The zero-order chi connectivity index (χ0) is 5.98. The Morgan fingerprint density at radius 2 is 2.75 bits per heavy atom. The fraction of sp³-hybridized carbons (Fsp3) is 0.600. The maximum Gasteiger partial charge on any atom is 0.137 e. The molecule has 1 rings (SSSR count). The second-order valence-electron chi connectivity index (χ2n) is 1.79. The van der Waals surface area contributed by atoms with E-state index in [0.717, 1.165) is 0 Å². The molecule has 0 N–H and O–H groups in total. The molecule has 1 aliphatic rings. The van der Waals surface area contributed by atoms with Gasteiger partial charge in [-0.1, -0.05) is 0 Å². The van der Waals surface area contributed by atoms with Crippen molar-refractivity contribution >= 4 is 6.34 Å². The summed E-state index contributed by atoms with van der Waals surface area (Å²) in [7, 11) is 1.85. The topological polar surface area (TPSA) is 39.4 Å². The van der Waals surface area contributed by atoms with Gasteiger partial charge in [0.2, 0.25) is 0 Å². The summed E-state index contributed by atoms with van der Waals surface area (Å²) in [6.45, 7) is 0.632. The van der Waals surface area contributed by atoms with Crippen LogP contribution in [0.3, 0.4) is 0 Å². The summed E-state index contributed by atoms with van der Waals surface area (Å²) in [6.07, 6.45) is 1.69. The van der Waals surface area contributed by atoms with Crippen LogP contribution in [0.5, 0.6) is 0 Å². The number of nitrogens with zero attached hydrogens (tertiary/aromatic N) is 3.